The van der Waals surface area contributed by atoms with E-state index in [4.69, 9.17) is 4.43 Å². The van der Waals surface area contributed by atoms with Gasteiger partial charge in [-0.25, -0.2) is 9.37 Å². The fourth-order valence-corrected chi connectivity index (χ4v) is 3.42. The van der Waals surface area contributed by atoms with Crippen LogP contribution in [0.1, 0.15) is 25.6 Å². The molecular weight excluding hydrogens is 301 g/mol. The van der Waals surface area contributed by atoms with Crippen LogP contribution in [-0.4, -0.2) is 13.3 Å². The molecule has 0 atom stereocenters. The molecule has 0 unspecified atom stereocenters. The second kappa shape index (κ2) is 5.99. The van der Waals surface area contributed by atoms with Crippen molar-refractivity contribution in [3.63, 3.8) is 0 Å². The third kappa shape index (κ3) is 3.78. The number of halogens is 1. The highest BCUT2D eigenvalue weighted by Crippen LogP contribution is 2.38. The van der Waals surface area contributed by atoms with Gasteiger partial charge in [0.15, 0.2) is 8.32 Å². The molecule has 0 spiro atoms. The van der Waals surface area contributed by atoms with Crippen molar-refractivity contribution < 1.29 is 8.82 Å². The maximum absolute atomic E-state index is 13.0. The van der Waals surface area contributed by atoms with Crippen LogP contribution in [0.2, 0.25) is 18.1 Å². The average molecular weight is 324 g/mol. The Morgan fingerprint density at radius 3 is 2.38 bits per heavy atom. The zero-order chi connectivity index (χ0) is 15.7. The summed E-state index contributed by atoms with van der Waals surface area (Å²) in [5.74, 6) is -0.229. The first-order chi connectivity index (χ1) is 9.71. The minimum Gasteiger partial charge on any atom is -0.412 e. The summed E-state index contributed by atoms with van der Waals surface area (Å²) in [7, 11) is -1.77. The van der Waals surface area contributed by atoms with Crippen molar-refractivity contribution in [1.29, 1.82) is 0 Å². The van der Waals surface area contributed by atoms with Gasteiger partial charge in [0.05, 0.1) is 22.7 Å². The van der Waals surface area contributed by atoms with E-state index in [1.165, 1.54) is 12.1 Å². The van der Waals surface area contributed by atoms with Crippen molar-refractivity contribution in [1.82, 2.24) is 4.98 Å². The van der Waals surface area contributed by atoms with Gasteiger partial charge in [0.2, 0.25) is 0 Å². The lowest BCUT2D eigenvalue weighted by atomic mass is 10.1. The molecule has 114 valence electrons. The van der Waals surface area contributed by atoms with Crippen molar-refractivity contribution in [2.75, 3.05) is 0 Å². The first-order valence-electron chi connectivity index (χ1n) is 7.03. The minimum absolute atomic E-state index is 0.188. The van der Waals surface area contributed by atoms with Gasteiger partial charge in [-0.15, -0.1) is 11.3 Å². The Hall–Kier alpha value is -1.04. The van der Waals surface area contributed by atoms with Gasteiger partial charge >= 0.3 is 0 Å². The van der Waals surface area contributed by atoms with Crippen molar-refractivity contribution in [3.05, 3.63) is 40.5 Å². The number of aromatic nitrogens is 1. The summed E-state index contributed by atoms with van der Waals surface area (Å²) < 4.78 is 19.3. The van der Waals surface area contributed by atoms with Crippen LogP contribution in [0.4, 0.5) is 4.39 Å². The van der Waals surface area contributed by atoms with Gasteiger partial charge in [0, 0.05) is 5.56 Å². The predicted octanol–water partition coefficient (Wildman–Crippen LogP) is 5.47. The second-order valence-electron chi connectivity index (χ2n) is 6.68. The zero-order valence-corrected chi connectivity index (χ0v) is 15.1. The Kier molecular flexibility index (Phi) is 4.65. The number of nitrogens with zero attached hydrogens (tertiary/aromatic N) is 1. The highest BCUT2D eigenvalue weighted by atomic mass is 32.1. The molecule has 1 aromatic heterocycles. The molecule has 0 N–H and O–H groups in total. The van der Waals surface area contributed by atoms with Crippen LogP contribution >= 0.6 is 11.3 Å². The molecule has 0 bridgehead atoms. The van der Waals surface area contributed by atoms with E-state index in [0.29, 0.717) is 6.61 Å². The lowest BCUT2D eigenvalue weighted by Gasteiger charge is -2.36. The Labute approximate surface area is 131 Å². The smallest absolute Gasteiger partial charge is 0.192 e. The molecule has 5 heteroatoms. The van der Waals surface area contributed by atoms with E-state index in [9.17, 15) is 4.39 Å². The standard InChI is InChI=1S/C16H22FNOSSi/c1-16(2,3)21(4,5)19-10-14-15(18-11-20-14)12-6-8-13(17)9-7-12/h6-9,11H,10H2,1-5H3. The maximum atomic E-state index is 13.0. The molecule has 1 aromatic carbocycles. The van der Waals surface area contributed by atoms with E-state index in [-0.39, 0.29) is 10.9 Å². The van der Waals surface area contributed by atoms with Gasteiger partial charge in [-0.3, -0.25) is 0 Å². The molecule has 0 amide bonds. The van der Waals surface area contributed by atoms with Crippen molar-refractivity contribution in [2.24, 2.45) is 0 Å². The lowest BCUT2D eigenvalue weighted by molar-refractivity contribution is 0.280. The first-order valence-corrected chi connectivity index (χ1v) is 10.8. The van der Waals surface area contributed by atoms with Gasteiger partial charge in [0.1, 0.15) is 5.82 Å². The van der Waals surface area contributed by atoms with Crippen LogP contribution in [0, 0.1) is 5.82 Å². The van der Waals surface area contributed by atoms with Crippen LogP contribution in [0.15, 0.2) is 29.8 Å². The summed E-state index contributed by atoms with van der Waals surface area (Å²) in [5, 5.41) is 0.188. The molecule has 0 aliphatic heterocycles. The normalized spacial score (nSPS) is 12.7. The van der Waals surface area contributed by atoms with E-state index in [1.54, 1.807) is 23.5 Å². The molecule has 0 aliphatic carbocycles. The summed E-state index contributed by atoms with van der Waals surface area (Å²) >= 11 is 1.59. The third-order valence-corrected chi connectivity index (χ3v) is 9.41. The van der Waals surface area contributed by atoms with Gasteiger partial charge in [-0.1, -0.05) is 20.8 Å². The average Bonchev–Trinajstić information content (AvgIpc) is 2.84. The third-order valence-electron chi connectivity index (χ3n) is 4.13. The van der Waals surface area contributed by atoms with Crippen LogP contribution in [0.25, 0.3) is 11.3 Å². The van der Waals surface area contributed by atoms with Crippen molar-refractivity contribution in [2.45, 2.75) is 45.5 Å². The first kappa shape index (κ1) is 16.3. The largest absolute Gasteiger partial charge is 0.412 e. The molecule has 2 rings (SSSR count). The topological polar surface area (TPSA) is 22.1 Å². The molecule has 21 heavy (non-hydrogen) atoms. The van der Waals surface area contributed by atoms with E-state index in [2.05, 4.69) is 38.8 Å². The molecule has 2 nitrogen and oxygen atoms in total. The lowest BCUT2D eigenvalue weighted by Crippen LogP contribution is -2.40. The zero-order valence-electron chi connectivity index (χ0n) is 13.2. The summed E-state index contributed by atoms with van der Waals surface area (Å²) in [6, 6.07) is 6.46. The van der Waals surface area contributed by atoms with Crippen LogP contribution in [0.5, 0.6) is 0 Å². The monoisotopic (exact) mass is 323 g/mol. The van der Waals surface area contributed by atoms with Gasteiger partial charge in [-0.2, -0.15) is 0 Å². The van der Waals surface area contributed by atoms with E-state index in [1.807, 2.05) is 5.51 Å². The molecule has 0 aliphatic rings. The number of thiazole rings is 1. The minimum atomic E-state index is -1.77. The van der Waals surface area contributed by atoms with Crippen LogP contribution in [0.3, 0.4) is 0 Å². The highest BCUT2D eigenvalue weighted by Gasteiger charge is 2.37. The van der Waals surface area contributed by atoms with Crippen LogP contribution in [-0.2, 0) is 11.0 Å². The van der Waals surface area contributed by atoms with Crippen LogP contribution < -0.4 is 0 Å². The fraction of sp³-hybridized carbons (Fsp3) is 0.438. The SMILES string of the molecule is CC(C)(C)[Si](C)(C)OCc1scnc1-c1ccc(F)cc1. The van der Waals surface area contributed by atoms with Gasteiger partial charge in [0.25, 0.3) is 0 Å². The molecule has 2 aromatic rings. The molecular formula is C16H22FNOSSi. The number of hydrogen-bond donors (Lipinski definition) is 0. The summed E-state index contributed by atoms with van der Waals surface area (Å²) in [6.07, 6.45) is 0. The Bertz CT molecular complexity index is 601. The van der Waals surface area contributed by atoms with Crippen molar-refractivity contribution >= 4 is 19.7 Å². The van der Waals surface area contributed by atoms with Gasteiger partial charge < -0.3 is 4.43 Å². The predicted molar refractivity (Wildman–Crippen MR) is 89.5 cm³/mol. The summed E-state index contributed by atoms with van der Waals surface area (Å²) in [6.45, 7) is 11.7. The molecule has 1 heterocycles. The van der Waals surface area contributed by atoms with Gasteiger partial charge in [-0.05, 0) is 42.4 Å². The quantitative estimate of drug-likeness (QED) is 0.696. The second-order valence-corrected chi connectivity index (χ2v) is 12.4. The molecule has 0 saturated heterocycles. The number of hydrogen-bond acceptors (Lipinski definition) is 3. The Morgan fingerprint density at radius 2 is 1.81 bits per heavy atom. The van der Waals surface area contributed by atoms with E-state index >= 15 is 0 Å². The highest BCUT2D eigenvalue weighted by molar-refractivity contribution is 7.10. The Balaban J connectivity index is 2.17. The Morgan fingerprint density at radius 1 is 1.19 bits per heavy atom. The van der Waals surface area contributed by atoms with E-state index < -0.39 is 8.32 Å². The summed E-state index contributed by atoms with van der Waals surface area (Å²) in [5.41, 5.74) is 3.66. The van der Waals surface area contributed by atoms with E-state index in [0.717, 1.165) is 16.1 Å². The maximum Gasteiger partial charge on any atom is 0.192 e. The molecule has 0 saturated carbocycles. The fourth-order valence-electron chi connectivity index (χ4n) is 1.68. The number of rotatable bonds is 4. The molecule has 0 radical (unpaired) electrons. The molecule has 0 fully saturated rings. The summed E-state index contributed by atoms with van der Waals surface area (Å²) in [4.78, 5) is 5.51. The van der Waals surface area contributed by atoms with Crippen molar-refractivity contribution in [3.8, 4) is 11.3 Å². The number of benzene rings is 1.